The molecule has 0 saturated carbocycles. The molecule has 1 aromatic carbocycles. The summed E-state index contributed by atoms with van der Waals surface area (Å²) in [7, 11) is 0. The normalized spacial score (nSPS) is 11.1. The van der Waals surface area contributed by atoms with Gasteiger partial charge in [0.1, 0.15) is 21.6 Å². The first-order valence-corrected chi connectivity index (χ1v) is 12.0. The number of carbonyl (C=O) groups excluding carboxylic acids is 1. The Morgan fingerprint density at radius 3 is 2.73 bits per heavy atom. The van der Waals surface area contributed by atoms with E-state index < -0.39 is 0 Å². The zero-order valence-corrected chi connectivity index (χ0v) is 19.5. The summed E-state index contributed by atoms with van der Waals surface area (Å²) < 4.78 is 6.35. The van der Waals surface area contributed by atoms with E-state index in [0.717, 1.165) is 37.8 Å². The molecule has 33 heavy (non-hydrogen) atoms. The maximum Gasteiger partial charge on any atom is 0.259 e. The number of aromatic nitrogens is 4. The van der Waals surface area contributed by atoms with Crippen molar-refractivity contribution in [1.82, 2.24) is 20.1 Å². The lowest BCUT2D eigenvalue weighted by atomic mass is 10.2. The number of nitrogens with one attached hydrogen (secondary N) is 1. The van der Waals surface area contributed by atoms with Crippen LogP contribution in [0.15, 0.2) is 70.5 Å². The minimum Gasteiger partial charge on any atom is -0.361 e. The number of amides is 1. The molecule has 0 saturated heterocycles. The number of rotatable bonds is 6. The number of carbonyl (C=O) groups is 1. The Kier molecular flexibility index (Phi) is 5.89. The van der Waals surface area contributed by atoms with Gasteiger partial charge in [0.05, 0.1) is 21.5 Å². The summed E-state index contributed by atoms with van der Waals surface area (Å²) in [6.07, 6.45) is 3.40. The summed E-state index contributed by atoms with van der Waals surface area (Å²) in [4.78, 5) is 26.4. The molecular weight excluding hydrogens is 454 g/mol. The lowest BCUT2D eigenvalue weighted by molar-refractivity contribution is 0.102. The Morgan fingerprint density at radius 2 is 1.97 bits per heavy atom. The van der Waals surface area contributed by atoms with E-state index >= 15 is 0 Å². The SMILES string of the molecule is Cc1noc(C)c1CSc1ncccc1C(=O)Nc1ccc(-c2nc3ccccc3s2)cn1. The van der Waals surface area contributed by atoms with E-state index in [1.807, 2.05) is 44.2 Å². The molecular formula is C24H19N5O2S2. The lowest BCUT2D eigenvalue weighted by Crippen LogP contribution is -2.14. The number of hydrogen-bond donors (Lipinski definition) is 1. The Hall–Kier alpha value is -3.56. The maximum atomic E-state index is 13.0. The first-order valence-electron chi connectivity index (χ1n) is 10.2. The highest BCUT2D eigenvalue weighted by atomic mass is 32.2. The Balaban J connectivity index is 1.30. The molecule has 0 aliphatic carbocycles. The van der Waals surface area contributed by atoms with Gasteiger partial charge in [-0.2, -0.15) is 0 Å². The molecule has 9 heteroatoms. The summed E-state index contributed by atoms with van der Waals surface area (Å²) in [5.41, 5.74) is 4.23. The first-order chi connectivity index (χ1) is 16.1. The molecule has 0 unspecified atom stereocenters. The number of aryl methyl sites for hydroxylation is 2. The number of nitrogens with zero attached hydrogens (tertiary/aromatic N) is 4. The Morgan fingerprint density at radius 1 is 1.09 bits per heavy atom. The summed E-state index contributed by atoms with van der Waals surface area (Å²) in [5, 5.41) is 8.39. The van der Waals surface area contributed by atoms with E-state index in [9.17, 15) is 4.79 Å². The fraction of sp³-hybridized carbons (Fsp3) is 0.125. The Labute approximate surface area is 198 Å². The van der Waals surface area contributed by atoms with Crippen molar-refractivity contribution < 1.29 is 9.32 Å². The molecule has 4 heterocycles. The quantitative estimate of drug-likeness (QED) is 0.307. The smallest absolute Gasteiger partial charge is 0.259 e. The lowest BCUT2D eigenvalue weighted by Gasteiger charge is -2.09. The second kappa shape index (κ2) is 9.13. The third-order valence-corrected chi connectivity index (χ3v) is 7.21. The molecule has 7 nitrogen and oxygen atoms in total. The first kappa shape index (κ1) is 21.3. The topological polar surface area (TPSA) is 93.8 Å². The van der Waals surface area contributed by atoms with Crippen LogP contribution in [0.25, 0.3) is 20.8 Å². The van der Waals surface area contributed by atoms with Crippen LogP contribution in [0.4, 0.5) is 5.82 Å². The molecule has 164 valence electrons. The fourth-order valence-electron chi connectivity index (χ4n) is 3.30. The van der Waals surface area contributed by atoms with Crippen molar-refractivity contribution in [3.05, 3.63) is 83.5 Å². The molecule has 0 atom stereocenters. The number of anilines is 1. The van der Waals surface area contributed by atoms with Crippen molar-refractivity contribution in [1.29, 1.82) is 0 Å². The van der Waals surface area contributed by atoms with Crippen LogP contribution < -0.4 is 5.32 Å². The number of fused-ring (bicyclic) bond motifs is 1. The van der Waals surface area contributed by atoms with Gasteiger partial charge in [0.2, 0.25) is 0 Å². The number of benzene rings is 1. The van der Waals surface area contributed by atoms with E-state index in [0.29, 0.717) is 22.2 Å². The number of hydrogen-bond acceptors (Lipinski definition) is 8. The number of thiazole rings is 1. The second-order valence-electron chi connectivity index (χ2n) is 7.32. The van der Waals surface area contributed by atoms with Crippen LogP contribution in [0.5, 0.6) is 0 Å². The predicted molar refractivity (Wildman–Crippen MR) is 131 cm³/mol. The third kappa shape index (κ3) is 4.50. The maximum absolute atomic E-state index is 13.0. The van der Waals surface area contributed by atoms with E-state index in [-0.39, 0.29) is 5.91 Å². The van der Waals surface area contributed by atoms with Crippen molar-refractivity contribution in [3.8, 4) is 10.6 Å². The van der Waals surface area contributed by atoms with Crippen molar-refractivity contribution in [2.24, 2.45) is 0 Å². The van der Waals surface area contributed by atoms with Crippen LogP contribution >= 0.6 is 23.1 Å². The molecule has 0 fully saturated rings. The highest BCUT2D eigenvalue weighted by molar-refractivity contribution is 7.98. The van der Waals surface area contributed by atoms with E-state index in [2.05, 4.69) is 25.4 Å². The van der Waals surface area contributed by atoms with Gasteiger partial charge in [0.15, 0.2) is 0 Å². The van der Waals surface area contributed by atoms with Gasteiger partial charge in [0, 0.05) is 29.3 Å². The van der Waals surface area contributed by atoms with Gasteiger partial charge in [-0.15, -0.1) is 23.1 Å². The van der Waals surface area contributed by atoms with Crippen LogP contribution in [-0.4, -0.2) is 26.0 Å². The monoisotopic (exact) mass is 473 g/mol. The predicted octanol–water partition coefficient (Wildman–Crippen LogP) is 5.90. The largest absolute Gasteiger partial charge is 0.361 e. The van der Waals surface area contributed by atoms with E-state index in [1.54, 1.807) is 41.9 Å². The second-order valence-corrected chi connectivity index (χ2v) is 9.32. The zero-order chi connectivity index (χ0) is 22.8. The minimum absolute atomic E-state index is 0.260. The number of thioether (sulfide) groups is 1. The molecule has 5 aromatic rings. The average molecular weight is 474 g/mol. The van der Waals surface area contributed by atoms with Crippen LogP contribution in [0.3, 0.4) is 0 Å². The third-order valence-electron chi connectivity index (χ3n) is 5.10. The minimum atomic E-state index is -0.260. The summed E-state index contributed by atoms with van der Waals surface area (Å²) >= 11 is 3.09. The van der Waals surface area contributed by atoms with Crippen LogP contribution in [0.2, 0.25) is 0 Å². The molecule has 0 aliphatic heterocycles. The molecule has 0 spiro atoms. The van der Waals surface area contributed by atoms with Crippen molar-refractivity contribution in [3.63, 3.8) is 0 Å². The van der Waals surface area contributed by atoms with Crippen LogP contribution in [-0.2, 0) is 5.75 Å². The number of pyridine rings is 2. The van der Waals surface area contributed by atoms with Crippen LogP contribution in [0, 0.1) is 13.8 Å². The van der Waals surface area contributed by atoms with Crippen molar-refractivity contribution in [2.75, 3.05) is 5.32 Å². The van der Waals surface area contributed by atoms with Gasteiger partial charge in [-0.1, -0.05) is 17.3 Å². The van der Waals surface area contributed by atoms with Gasteiger partial charge in [0.25, 0.3) is 5.91 Å². The molecule has 0 aliphatic rings. The van der Waals surface area contributed by atoms with Crippen molar-refractivity contribution >= 4 is 45.0 Å². The summed E-state index contributed by atoms with van der Waals surface area (Å²) in [5.74, 6) is 1.60. The van der Waals surface area contributed by atoms with Gasteiger partial charge in [-0.05, 0) is 50.2 Å². The highest BCUT2D eigenvalue weighted by Crippen LogP contribution is 2.30. The molecule has 4 aromatic heterocycles. The van der Waals surface area contributed by atoms with Crippen molar-refractivity contribution in [2.45, 2.75) is 24.6 Å². The van der Waals surface area contributed by atoms with Gasteiger partial charge in [-0.25, -0.2) is 15.0 Å². The van der Waals surface area contributed by atoms with Crippen LogP contribution in [0.1, 0.15) is 27.4 Å². The van der Waals surface area contributed by atoms with Gasteiger partial charge < -0.3 is 9.84 Å². The average Bonchev–Trinajstić information content (AvgIpc) is 3.41. The van der Waals surface area contributed by atoms with E-state index in [1.165, 1.54) is 11.8 Å². The molecule has 1 N–H and O–H groups in total. The van der Waals surface area contributed by atoms with Gasteiger partial charge >= 0.3 is 0 Å². The number of para-hydroxylation sites is 1. The molecule has 5 rings (SSSR count). The van der Waals surface area contributed by atoms with E-state index in [4.69, 9.17) is 4.52 Å². The molecule has 1 amide bonds. The highest BCUT2D eigenvalue weighted by Gasteiger charge is 2.16. The standard InChI is InChI=1S/C24H19N5O2S2/c1-14-18(15(2)31-29-14)13-32-24-17(6-5-11-25-24)22(30)28-21-10-9-16(12-26-21)23-27-19-7-3-4-8-20(19)33-23/h3-12H,13H2,1-2H3,(H,26,28,30). The fourth-order valence-corrected chi connectivity index (χ4v) is 5.40. The Bertz CT molecular complexity index is 1390. The summed E-state index contributed by atoms with van der Waals surface area (Å²) in [6.45, 7) is 3.79. The zero-order valence-electron chi connectivity index (χ0n) is 17.9. The summed E-state index contributed by atoms with van der Waals surface area (Å²) in [6, 6.07) is 15.2. The van der Waals surface area contributed by atoms with Gasteiger partial charge in [-0.3, -0.25) is 4.79 Å². The molecule has 0 bridgehead atoms. The molecule has 0 radical (unpaired) electrons.